The fraction of sp³-hybridized carbons (Fsp3) is 0.462. The summed E-state index contributed by atoms with van der Waals surface area (Å²) in [5.41, 5.74) is 7.30. The van der Waals surface area contributed by atoms with E-state index in [9.17, 15) is 0 Å². The highest BCUT2D eigenvalue weighted by Gasteiger charge is 2.25. The molecule has 1 aromatic carbocycles. The molecule has 1 aliphatic carbocycles. The van der Waals surface area contributed by atoms with Gasteiger partial charge in [-0.25, -0.2) is 0 Å². The van der Waals surface area contributed by atoms with Gasteiger partial charge in [0.05, 0.1) is 5.02 Å². The average molecular weight is 284 g/mol. The average Bonchev–Trinajstić information content (AvgIpc) is 3.12. The lowest BCUT2D eigenvalue weighted by atomic mass is 10.2. The van der Waals surface area contributed by atoms with Gasteiger partial charge in [-0.15, -0.1) is 0 Å². The number of nitrogens with two attached hydrogens (primary N) is 1. The smallest absolute Gasteiger partial charge is 0.105 e. The fourth-order valence-corrected chi connectivity index (χ4v) is 2.42. The van der Waals surface area contributed by atoms with Gasteiger partial charge in [0.2, 0.25) is 0 Å². The molecule has 3 N–H and O–H groups in total. The van der Waals surface area contributed by atoms with Crippen molar-refractivity contribution in [3.8, 4) is 0 Å². The fourth-order valence-electron chi connectivity index (χ4n) is 1.90. The lowest BCUT2D eigenvalue weighted by molar-refractivity contribution is 0.337. The van der Waals surface area contributed by atoms with Crippen LogP contribution in [0, 0.1) is 0 Å². The van der Waals surface area contributed by atoms with E-state index in [0.717, 1.165) is 30.4 Å². The molecule has 0 amide bonds. The molecule has 0 atom stereocenters. The molecular formula is C13H18ClN3S. The van der Waals surface area contributed by atoms with Crippen LogP contribution in [0.4, 0.5) is 5.69 Å². The van der Waals surface area contributed by atoms with Crippen LogP contribution in [0.2, 0.25) is 5.02 Å². The Hall–Kier alpha value is -0.840. The molecule has 5 heteroatoms. The quantitative estimate of drug-likeness (QED) is 0.787. The number of benzene rings is 1. The number of thiocarbonyl (C=S) groups is 1. The number of hydrogen-bond acceptors (Lipinski definition) is 3. The Balaban J connectivity index is 1.85. The first-order valence-corrected chi connectivity index (χ1v) is 6.90. The molecule has 0 aromatic heterocycles. The van der Waals surface area contributed by atoms with Gasteiger partial charge in [0, 0.05) is 30.4 Å². The van der Waals surface area contributed by atoms with Gasteiger partial charge in [-0.1, -0.05) is 23.8 Å². The molecule has 1 aromatic rings. The highest BCUT2D eigenvalue weighted by Crippen LogP contribution is 2.25. The minimum absolute atomic E-state index is 0.333. The van der Waals surface area contributed by atoms with Crippen LogP contribution in [-0.4, -0.2) is 36.1 Å². The lowest BCUT2D eigenvalue weighted by Gasteiger charge is -2.16. The number of likely N-dealkylation sites (N-methyl/N-ethyl adjacent to an activating group) is 1. The van der Waals surface area contributed by atoms with Gasteiger partial charge in [-0.05, 0) is 38.1 Å². The van der Waals surface area contributed by atoms with Gasteiger partial charge in [0.15, 0.2) is 0 Å². The molecule has 1 saturated carbocycles. The van der Waals surface area contributed by atoms with E-state index in [1.54, 1.807) is 0 Å². The third-order valence-corrected chi connectivity index (χ3v) is 3.73. The van der Waals surface area contributed by atoms with E-state index in [1.165, 1.54) is 12.8 Å². The van der Waals surface area contributed by atoms with E-state index in [0.29, 0.717) is 10.0 Å². The Kier molecular flexibility index (Phi) is 4.43. The molecule has 0 heterocycles. The lowest BCUT2D eigenvalue weighted by Crippen LogP contribution is -2.27. The zero-order valence-corrected chi connectivity index (χ0v) is 12.0. The van der Waals surface area contributed by atoms with Crippen molar-refractivity contribution >= 4 is 34.5 Å². The Morgan fingerprint density at radius 1 is 1.56 bits per heavy atom. The van der Waals surface area contributed by atoms with Crippen molar-refractivity contribution < 1.29 is 0 Å². The van der Waals surface area contributed by atoms with E-state index in [-0.39, 0.29) is 0 Å². The zero-order chi connectivity index (χ0) is 13.1. The van der Waals surface area contributed by atoms with Crippen molar-refractivity contribution in [2.75, 3.05) is 25.5 Å². The van der Waals surface area contributed by atoms with Crippen LogP contribution in [0.3, 0.4) is 0 Å². The largest absolute Gasteiger partial charge is 0.389 e. The van der Waals surface area contributed by atoms with Crippen LogP contribution >= 0.6 is 23.8 Å². The molecule has 1 fully saturated rings. The van der Waals surface area contributed by atoms with E-state index in [4.69, 9.17) is 29.6 Å². The second kappa shape index (κ2) is 5.87. The third kappa shape index (κ3) is 3.57. The Morgan fingerprint density at radius 2 is 2.28 bits per heavy atom. The molecule has 0 unspecified atom stereocenters. The van der Waals surface area contributed by atoms with Crippen molar-refractivity contribution in [3.63, 3.8) is 0 Å². The summed E-state index contributed by atoms with van der Waals surface area (Å²) in [6, 6.07) is 6.48. The monoisotopic (exact) mass is 283 g/mol. The molecule has 0 aliphatic heterocycles. The van der Waals surface area contributed by atoms with Gasteiger partial charge in [0.25, 0.3) is 0 Å². The van der Waals surface area contributed by atoms with Gasteiger partial charge in [-0.2, -0.15) is 0 Å². The summed E-state index contributed by atoms with van der Waals surface area (Å²) < 4.78 is 0. The van der Waals surface area contributed by atoms with Gasteiger partial charge in [0.1, 0.15) is 4.99 Å². The Morgan fingerprint density at radius 3 is 2.83 bits per heavy atom. The molecule has 0 radical (unpaired) electrons. The van der Waals surface area contributed by atoms with E-state index < -0.39 is 0 Å². The Bertz CT molecular complexity index is 446. The minimum Gasteiger partial charge on any atom is -0.389 e. The van der Waals surface area contributed by atoms with Crippen LogP contribution in [0.25, 0.3) is 0 Å². The van der Waals surface area contributed by atoms with E-state index >= 15 is 0 Å². The number of nitrogens with zero attached hydrogens (tertiary/aromatic N) is 1. The molecule has 18 heavy (non-hydrogen) atoms. The summed E-state index contributed by atoms with van der Waals surface area (Å²) in [6.45, 7) is 1.95. The van der Waals surface area contributed by atoms with Crippen LogP contribution in [0.5, 0.6) is 0 Å². The van der Waals surface area contributed by atoms with Gasteiger partial charge < -0.3 is 16.0 Å². The summed E-state index contributed by atoms with van der Waals surface area (Å²) in [5, 5.41) is 3.96. The Labute approximate surface area is 118 Å². The van der Waals surface area contributed by atoms with Crippen LogP contribution in [-0.2, 0) is 0 Å². The zero-order valence-electron chi connectivity index (χ0n) is 10.4. The first kappa shape index (κ1) is 13.6. The first-order valence-electron chi connectivity index (χ1n) is 6.11. The summed E-state index contributed by atoms with van der Waals surface area (Å²) >= 11 is 11.0. The normalized spacial score (nSPS) is 14.8. The number of halogens is 1. The van der Waals surface area contributed by atoms with Gasteiger partial charge in [-0.3, -0.25) is 0 Å². The topological polar surface area (TPSA) is 41.3 Å². The van der Waals surface area contributed by atoms with Crippen molar-refractivity contribution in [1.82, 2.24) is 4.90 Å². The number of rotatable bonds is 6. The van der Waals surface area contributed by atoms with Crippen LogP contribution in [0.1, 0.15) is 18.4 Å². The highest BCUT2D eigenvalue weighted by molar-refractivity contribution is 7.80. The van der Waals surface area contributed by atoms with Gasteiger partial charge >= 0.3 is 0 Å². The second-order valence-corrected chi connectivity index (χ2v) is 5.54. The van der Waals surface area contributed by atoms with Crippen molar-refractivity contribution in [2.24, 2.45) is 5.73 Å². The van der Waals surface area contributed by atoms with Crippen LogP contribution in [0.15, 0.2) is 18.2 Å². The molecule has 98 valence electrons. The first-order chi connectivity index (χ1) is 8.58. The van der Waals surface area contributed by atoms with Crippen molar-refractivity contribution in [2.45, 2.75) is 18.9 Å². The van der Waals surface area contributed by atoms with Crippen LogP contribution < -0.4 is 11.1 Å². The summed E-state index contributed by atoms with van der Waals surface area (Å²) in [4.78, 5) is 2.72. The standard InChI is InChI=1S/C13H18ClN3S/c1-17(10-3-4-10)7-6-16-9-2-5-11(13(15)18)12(14)8-9/h2,5,8,10,16H,3-4,6-7H2,1H3,(H2,15,18). The maximum Gasteiger partial charge on any atom is 0.105 e. The highest BCUT2D eigenvalue weighted by atomic mass is 35.5. The predicted octanol–water partition coefficient (Wildman–Crippen LogP) is 2.48. The molecule has 0 saturated heterocycles. The molecule has 0 bridgehead atoms. The molecule has 0 spiro atoms. The molecule has 3 nitrogen and oxygen atoms in total. The maximum absolute atomic E-state index is 6.11. The van der Waals surface area contributed by atoms with Crippen molar-refractivity contribution in [3.05, 3.63) is 28.8 Å². The number of hydrogen-bond donors (Lipinski definition) is 2. The molecule has 2 rings (SSSR count). The summed E-state index contributed by atoms with van der Waals surface area (Å²) in [7, 11) is 2.17. The predicted molar refractivity (Wildman–Crippen MR) is 81.5 cm³/mol. The molecular weight excluding hydrogens is 266 g/mol. The summed E-state index contributed by atoms with van der Waals surface area (Å²) in [5.74, 6) is 0. The maximum atomic E-state index is 6.11. The third-order valence-electron chi connectivity index (χ3n) is 3.20. The van der Waals surface area contributed by atoms with E-state index in [1.807, 2.05) is 18.2 Å². The SMILES string of the molecule is CN(CCNc1ccc(C(N)=S)c(Cl)c1)C1CC1. The number of nitrogens with one attached hydrogen (secondary N) is 1. The van der Waals surface area contributed by atoms with E-state index in [2.05, 4.69) is 17.3 Å². The number of anilines is 1. The second-order valence-electron chi connectivity index (χ2n) is 4.70. The molecule has 1 aliphatic rings. The van der Waals surface area contributed by atoms with Crippen molar-refractivity contribution in [1.29, 1.82) is 0 Å². The summed E-state index contributed by atoms with van der Waals surface area (Å²) in [6.07, 6.45) is 2.68. The minimum atomic E-state index is 0.333.